The number of carbonyl (C=O) groups is 2. The summed E-state index contributed by atoms with van der Waals surface area (Å²) in [7, 11) is 1.38. The first-order valence-corrected chi connectivity index (χ1v) is 6.53. The van der Waals surface area contributed by atoms with Crippen LogP contribution in [0, 0.1) is 0 Å². The van der Waals surface area contributed by atoms with E-state index in [1.807, 2.05) is 24.3 Å². The van der Waals surface area contributed by atoms with Crippen molar-refractivity contribution in [1.29, 1.82) is 0 Å². The Balaban J connectivity index is 2.12. The van der Waals surface area contributed by atoms with E-state index < -0.39 is 23.8 Å². The number of carboxylic acids is 1. The van der Waals surface area contributed by atoms with Crippen LogP contribution in [0.25, 0.3) is 11.0 Å². The molecule has 0 bridgehead atoms. The van der Waals surface area contributed by atoms with E-state index in [2.05, 4.69) is 5.32 Å². The maximum Gasteiger partial charge on any atom is 0.328 e. The first-order chi connectivity index (χ1) is 10.0. The predicted octanol–water partition coefficient (Wildman–Crippen LogP) is 1.75. The SMILES string of the molecule is COCC(NC(=O)C(C)c1cc2ccccc2o1)C(=O)O. The lowest BCUT2D eigenvalue weighted by Crippen LogP contribution is -2.45. The molecule has 0 fully saturated rings. The number of carbonyl (C=O) groups excluding carboxylic acids is 1. The van der Waals surface area contributed by atoms with Crippen LogP contribution < -0.4 is 5.32 Å². The van der Waals surface area contributed by atoms with Gasteiger partial charge in [-0.05, 0) is 19.1 Å². The van der Waals surface area contributed by atoms with E-state index in [1.165, 1.54) is 7.11 Å². The molecule has 2 aromatic rings. The molecule has 2 N–H and O–H groups in total. The maximum atomic E-state index is 12.1. The molecule has 0 saturated carbocycles. The van der Waals surface area contributed by atoms with Crippen LogP contribution in [0.15, 0.2) is 34.7 Å². The van der Waals surface area contributed by atoms with Crippen molar-refractivity contribution in [3.05, 3.63) is 36.1 Å². The van der Waals surface area contributed by atoms with Crippen molar-refractivity contribution < 1.29 is 23.8 Å². The highest BCUT2D eigenvalue weighted by Gasteiger charge is 2.25. The molecule has 0 saturated heterocycles. The fourth-order valence-electron chi connectivity index (χ4n) is 1.98. The van der Waals surface area contributed by atoms with Crippen LogP contribution in [-0.4, -0.2) is 36.7 Å². The number of furan rings is 1. The van der Waals surface area contributed by atoms with Crippen LogP contribution in [0.1, 0.15) is 18.6 Å². The zero-order valence-corrected chi connectivity index (χ0v) is 11.8. The molecule has 112 valence electrons. The Labute approximate surface area is 121 Å². The van der Waals surface area contributed by atoms with Gasteiger partial charge in [-0.2, -0.15) is 0 Å². The monoisotopic (exact) mass is 291 g/mol. The van der Waals surface area contributed by atoms with E-state index >= 15 is 0 Å². The summed E-state index contributed by atoms with van der Waals surface area (Å²) in [6.07, 6.45) is 0. The number of methoxy groups -OCH3 is 1. The zero-order chi connectivity index (χ0) is 15.4. The molecular weight excluding hydrogens is 274 g/mol. The first kappa shape index (κ1) is 15.1. The Morgan fingerprint density at radius 2 is 2.10 bits per heavy atom. The van der Waals surface area contributed by atoms with Gasteiger partial charge in [-0.1, -0.05) is 18.2 Å². The van der Waals surface area contributed by atoms with E-state index in [4.69, 9.17) is 14.3 Å². The highest BCUT2D eigenvalue weighted by atomic mass is 16.5. The third-order valence-corrected chi connectivity index (χ3v) is 3.21. The number of carboxylic acid groups (broad SMARTS) is 1. The summed E-state index contributed by atoms with van der Waals surface area (Å²) in [5.41, 5.74) is 0.693. The lowest BCUT2D eigenvalue weighted by Gasteiger charge is -2.16. The molecule has 2 unspecified atom stereocenters. The first-order valence-electron chi connectivity index (χ1n) is 6.53. The normalized spacial score (nSPS) is 13.8. The van der Waals surface area contributed by atoms with Crippen molar-refractivity contribution >= 4 is 22.8 Å². The summed E-state index contributed by atoms with van der Waals surface area (Å²) < 4.78 is 10.4. The van der Waals surface area contributed by atoms with Gasteiger partial charge < -0.3 is 19.6 Å². The average molecular weight is 291 g/mol. The molecule has 1 aromatic heterocycles. The summed E-state index contributed by atoms with van der Waals surface area (Å²) in [6.45, 7) is 1.58. The molecule has 0 aliphatic carbocycles. The third-order valence-electron chi connectivity index (χ3n) is 3.21. The number of para-hydroxylation sites is 1. The summed E-state index contributed by atoms with van der Waals surface area (Å²) in [6, 6.07) is 8.14. The number of amides is 1. The van der Waals surface area contributed by atoms with E-state index in [1.54, 1.807) is 13.0 Å². The number of hydrogen-bond acceptors (Lipinski definition) is 4. The second kappa shape index (κ2) is 6.41. The minimum atomic E-state index is -1.14. The Bertz CT molecular complexity index is 615. The van der Waals surface area contributed by atoms with E-state index in [9.17, 15) is 9.59 Å². The van der Waals surface area contributed by atoms with Crippen molar-refractivity contribution in [3.8, 4) is 0 Å². The Morgan fingerprint density at radius 1 is 1.38 bits per heavy atom. The van der Waals surface area contributed by atoms with Crippen molar-refractivity contribution in [1.82, 2.24) is 5.32 Å². The van der Waals surface area contributed by atoms with Gasteiger partial charge in [0.25, 0.3) is 0 Å². The van der Waals surface area contributed by atoms with Crippen LogP contribution in [0.5, 0.6) is 0 Å². The summed E-state index contributed by atoms with van der Waals surface area (Å²) in [5.74, 6) is -1.65. The molecule has 1 heterocycles. The maximum absolute atomic E-state index is 12.1. The molecule has 0 aliphatic rings. The molecule has 1 aromatic carbocycles. The molecule has 6 nitrogen and oxygen atoms in total. The number of nitrogens with one attached hydrogen (secondary N) is 1. The van der Waals surface area contributed by atoms with Gasteiger partial charge >= 0.3 is 5.97 Å². The lowest BCUT2D eigenvalue weighted by atomic mass is 10.1. The van der Waals surface area contributed by atoms with Crippen LogP contribution in [0.3, 0.4) is 0 Å². The highest BCUT2D eigenvalue weighted by molar-refractivity contribution is 5.88. The Morgan fingerprint density at radius 3 is 2.71 bits per heavy atom. The van der Waals surface area contributed by atoms with Gasteiger partial charge in [-0.15, -0.1) is 0 Å². The second-order valence-corrected chi connectivity index (χ2v) is 4.76. The summed E-state index contributed by atoms with van der Waals surface area (Å²) >= 11 is 0. The highest BCUT2D eigenvalue weighted by Crippen LogP contribution is 2.25. The number of benzene rings is 1. The fraction of sp³-hybridized carbons (Fsp3) is 0.333. The van der Waals surface area contributed by atoms with Crippen LogP contribution in [0.2, 0.25) is 0 Å². The predicted molar refractivity (Wildman–Crippen MR) is 76.1 cm³/mol. The molecule has 6 heteroatoms. The average Bonchev–Trinajstić information content (AvgIpc) is 2.89. The van der Waals surface area contributed by atoms with E-state index in [-0.39, 0.29) is 6.61 Å². The van der Waals surface area contributed by atoms with Gasteiger partial charge in [0.2, 0.25) is 5.91 Å². The number of fused-ring (bicyclic) bond motifs is 1. The molecule has 21 heavy (non-hydrogen) atoms. The van der Waals surface area contributed by atoms with E-state index in [0.717, 1.165) is 5.39 Å². The third kappa shape index (κ3) is 3.41. The minimum absolute atomic E-state index is 0.0894. The quantitative estimate of drug-likeness (QED) is 0.846. The smallest absolute Gasteiger partial charge is 0.328 e. The molecule has 0 spiro atoms. The van der Waals surface area contributed by atoms with Crippen molar-refractivity contribution in [2.24, 2.45) is 0 Å². The largest absolute Gasteiger partial charge is 0.480 e. The van der Waals surface area contributed by atoms with Gasteiger partial charge in [0, 0.05) is 12.5 Å². The van der Waals surface area contributed by atoms with Crippen LogP contribution >= 0.6 is 0 Å². The van der Waals surface area contributed by atoms with Crippen molar-refractivity contribution in [2.45, 2.75) is 18.9 Å². The number of hydrogen-bond donors (Lipinski definition) is 2. The van der Waals surface area contributed by atoms with Gasteiger partial charge in [-0.25, -0.2) is 4.79 Å². The number of aliphatic carboxylic acids is 1. The lowest BCUT2D eigenvalue weighted by molar-refractivity contribution is -0.143. The second-order valence-electron chi connectivity index (χ2n) is 4.76. The summed E-state index contributed by atoms with van der Waals surface area (Å²) in [4.78, 5) is 23.1. The molecule has 0 aliphatic heterocycles. The number of ether oxygens (including phenoxy) is 1. The topological polar surface area (TPSA) is 88.8 Å². The molecule has 1 amide bonds. The fourth-order valence-corrected chi connectivity index (χ4v) is 1.98. The standard InChI is InChI=1S/C15H17NO5/c1-9(14(17)16-11(8-20-2)15(18)19)13-7-10-5-3-4-6-12(10)21-13/h3-7,9,11H,8H2,1-2H3,(H,16,17)(H,18,19). The van der Waals surface area contributed by atoms with Crippen LogP contribution in [-0.2, 0) is 14.3 Å². The van der Waals surface area contributed by atoms with Gasteiger partial charge in [-0.3, -0.25) is 4.79 Å². The zero-order valence-electron chi connectivity index (χ0n) is 11.8. The van der Waals surface area contributed by atoms with E-state index in [0.29, 0.717) is 11.3 Å². The van der Waals surface area contributed by atoms with Gasteiger partial charge in [0.15, 0.2) is 6.04 Å². The molecule has 0 radical (unpaired) electrons. The molecule has 2 rings (SSSR count). The van der Waals surface area contributed by atoms with Crippen LogP contribution in [0.4, 0.5) is 0 Å². The Hall–Kier alpha value is -2.34. The molecule has 2 atom stereocenters. The van der Waals surface area contributed by atoms with Gasteiger partial charge in [0.1, 0.15) is 11.3 Å². The Kier molecular flexibility index (Phi) is 4.59. The van der Waals surface area contributed by atoms with Crippen molar-refractivity contribution in [3.63, 3.8) is 0 Å². The number of rotatable bonds is 6. The van der Waals surface area contributed by atoms with Crippen molar-refractivity contribution in [2.75, 3.05) is 13.7 Å². The van der Waals surface area contributed by atoms with Gasteiger partial charge in [0.05, 0.1) is 12.5 Å². The minimum Gasteiger partial charge on any atom is -0.480 e. The molecular formula is C15H17NO5. The summed E-state index contributed by atoms with van der Waals surface area (Å²) in [5, 5.41) is 12.3.